The van der Waals surface area contributed by atoms with Crippen molar-refractivity contribution in [2.24, 2.45) is 11.0 Å². The van der Waals surface area contributed by atoms with Crippen molar-refractivity contribution in [3.8, 4) is 11.3 Å². The van der Waals surface area contributed by atoms with Crippen LogP contribution >= 0.6 is 0 Å². The molecule has 8 nitrogen and oxygen atoms in total. The maximum Gasteiger partial charge on any atom is 0.394 e. The molecular formula is C22H18F4N6O2S. The smallest absolute Gasteiger partial charge is 0.274 e. The van der Waals surface area contributed by atoms with E-state index >= 15 is 0 Å². The monoisotopic (exact) mass is 506 g/mol. The van der Waals surface area contributed by atoms with Gasteiger partial charge in [0.1, 0.15) is 11.3 Å². The van der Waals surface area contributed by atoms with Crippen LogP contribution in [0.5, 0.6) is 0 Å². The average molecular weight is 506 g/mol. The van der Waals surface area contributed by atoms with Crippen molar-refractivity contribution >= 4 is 27.0 Å². The summed E-state index contributed by atoms with van der Waals surface area (Å²) in [6.07, 6.45) is -5.94. The molecule has 0 aliphatic rings. The Balaban J connectivity index is 1.71. The van der Waals surface area contributed by atoms with E-state index in [1.807, 2.05) is 0 Å². The Kier molecular flexibility index (Phi) is 6.40. The summed E-state index contributed by atoms with van der Waals surface area (Å²) in [7, 11) is -3.87. The zero-order valence-corrected chi connectivity index (χ0v) is 18.7. The number of anilines is 1. The van der Waals surface area contributed by atoms with E-state index < -0.39 is 28.4 Å². The first-order valence-corrected chi connectivity index (χ1v) is 11.6. The summed E-state index contributed by atoms with van der Waals surface area (Å²) < 4.78 is 76.0. The van der Waals surface area contributed by atoms with Gasteiger partial charge in [0.2, 0.25) is 16.0 Å². The molecule has 2 heterocycles. The number of primary sulfonamides is 1. The normalized spacial score (nSPS) is 12.2. The Labute approximate surface area is 197 Å². The molecule has 0 saturated heterocycles. The van der Waals surface area contributed by atoms with Crippen molar-refractivity contribution in [2.45, 2.75) is 24.0 Å². The van der Waals surface area contributed by atoms with Crippen molar-refractivity contribution in [1.29, 1.82) is 0 Å². The van der Waals surface area contributed by atoms with Gasteiger partial charge in [-0.15, -0.1) is 0 Å². The SMILES string of the molecule is NN(Cc1ccc(S(N)(=O)=O)cc1)c1nc(CC(F)(F)F)c2nc(-c3ccc(F)cc3)ccc2n1. The maximum atomic E-state index is 13.3. The van der Waals surface area contributed by atoms with E-state index in [2.05, 4.69) is 15.0 Å². The molecule has 4 rings (SSSR count). The standard InChI is InChI=1S/C22H18F4N6O2S/c23-15-5-3-14(4-6-15)17-9-10-18-20(29-17)19(11-22(24,25)26)31-21(30-18)32(27)12-13-1-7-16(8-2-13)35(28,33)34/h1-10H,11-12,27H2,(H2,28,33,34). The fraction of sp³-hybridized carbons (Fsp3) is 0.136. The molecule has 2 aromatic heterocycles. The minimum atomic E-state index is -4.57. The van der Waals surface area contributed by atoms with Gasteiger partial charge in [0.15, 0.2) is 0 Å². The van der Waals surface area contributed by atoms with Gasteiger partial charge in [-0.25, -0.2) is 38.7 Å². The van der Waals surface area contributed by atoms with E-state index in [0.29, 0.717) is 16.8 Å². The molecule has 0 aliphatic heterocycles. The predicted octanol–water partition coefficient (Wildman–Crippen LogP) is 3.46. The van der Waals surface area contributed by atoms with E-state index in [1.54, 1.807) is 6.07 Å². The van der Waals surface area contributed by atoms with Gasteiger partial charge in [-0.3, -0.25) is 5.01 Å². The molecule has 0 bridgehead atoms. The Bertz CT molecular complexity index is 1480. The number of rotatable bonds is 6. The average Bonchev–Trinajstić information content (AvgIpc) is 2.78. The number of alkyl halides is 3. The van der Waals surface area contributed by atoms with Gasteiger partial charge in [0, 0.05) is 5.56 Å². The van der Waals surface area contributed by atoms with Gasteiger partial charge in [-0.1, -0.05) is 12.1 Å². The number of hydrogen-bond acceptors (Lipinski definition) is 7. The number of pyridine rings is 1. The number of sulfonamides is 1. The van der Waals surface area contributed by atoms with E-state index in [1.165, 1.54) is 54.6 Å². The van der Waals surface area contributed by atoms with Gasteiger partial charge < -0.3 is 0 Å². The number of aromatic nitrogens is 3. The maximum absolute atomic E-state index is 13.3. The first-order valence-electron chi connectivity index (χ1n) is 10.0. The lowest BCUT2D eigenvalue weighted by atomic mass is 10.1. The number of fused-ring (bicyclic) bond motifs is 1. The molecule has 0 unspecified atom stereocenters. The summed E-state index contributed by atoms with van der Waals surface area (Å²) in [5, 5.41) is 6.12. The van der Waals surface area contributed by atoms with Crippen LogP contribution in [0.2, 0.25) is 0 Å². The largest absolute Gasteiger partial charge is 0.394 e. The van der Waals surface area contributed by atoms with Crippen LogP contribution in [-0.4, -0.2) is 29.5 Å². The zero-order chi connectivity index (χ0) is 25.4. The Morgan fingerprint density at radius 1 is 0.886 bits per heavy atom. The van der Waals surface area contributed by atoms with Gasteiger partial charge in [0.05, 0.1) is 34.8 Å². The van der Waals surface area contributed by atoms with Gasteiger partial charge in [-0.2, -0.15) is 13.2 Å². The predicted molar refractivity (Wildman–Crippen MR) is 121 cm³/mol. The van der Waals surface area contributed by atoms with Crippen LogP contribution < -0.4 is 16.0 Å². The highest BCUT2D eigenvalue weighted by atomic mass is 32.2. The van der Waals surface area contributed by atoms with Gasteiger partial charge in [-0.05, 0) is 54.1 Å². The van der Waals surface area contributed by atoms with Crippen molar-refractivity contribution < 1.29 is 26.0 Å². The Morgan fingerprint density at radius 3 is 2.14 bits per heavy atom. The molecule has 0 aliphatic carbocycles. The number of benzene rings is 2. The van der Waals surface area contributed by atoms with Crippen LogP contribution in [-0.2, 0) is 23.0 Å². The lowest BCUT2D eigenvalue weighted by molar-refractivity contribution is -0.127. The fourth-order valence-electron chi connectivity index (χ4n) is 3.34. The minimum absolute atomic E-state index is 0.0248. The zero-order valence-electron chi connectivity index (χ0n) is 17.9. The third-order valence-electron chi connectivity index (χ3n) is 4.97. The number of nitrogens with two attached hydrogens (primary N) is 2. The Morgan fingerprint density at radius 2 is 1.54 bits per heavy atom. The Hall–Kier alpha value is -3.68. The first kappa shape index (κ1) is 24.4. The van der Waals surface area contributed by atoms with E-state index in [-0.39, 0.29) is 34.1 Å². The van der Waals surface area contributed by atoms with Crippen LogP contribution in [0.1, 0.15) is 11.3 Å². The summed E-state index contributed by atoms with van der Waals surface area (Å²) in [4.78, 5) is 12.5. The molecule has 4 N–H and O–H groups in total. The first-order chi connectivity index (χ1) is 16.4. The molecule has 35 heavy (non-hydrogen) atoms. The van der Waals surface area contributed by atoms with Crippen LogP contribution in [0.4, 0.5) is 23.5 Å². The van der Waals surface area contributed by atoms with Crippen LogP contribution in [0.25, 0.3) is 22.3 Å². The molecule has 0 saturated carbocycles. The molecule has 0 amide bonds. The van der Waals surface area contributed by atoms with Crippen LogP contribution in [0.15, 0.2) is 65.6 Å². The molecule has 0 fully saturated rings. The number of nitrogens with zero attached hydrogens (tertiary/aromatic N) is 4. The van der Waals surface area contributed by atoms with Crippen molar-refractivity contribution in [3.05, 3.63) is 77.7 Å². The summed E-state index contributed by atoms with van der Waals surface area (Å²) in [5.41, 5.74) is 1.10. The highest BCUT2D eigenvalue weighted by Gasteiger charge is 2.31. The fourth-order valence-corrected chi connectivity index (χ4v) is 3.85. The van der Waals surface area contributed by atoms with Crippen molar-refractivity contribution in [1.82, 2.24) is 15.0 Å². The molecule has 13 heteroatoms. The molecule has 0 spiro atoms. The molecule has 0 atom stereocenters. The number of hydrogen-bond donors (Lipinski definition) is 2. The summed E-state index contributed by atoms with van der Waals surface area (Å²) >= 11 is 0. The van der Waals surface area contributed by atoms with E-state index in [0.717, 1.165) is 5.01 Å². The highest BCUT2D eigenvalue weighted by molar-refractivity contribution is 7.89. The molecular weight excluding hydrogens is 488 g/mol. The van der Waals surface area contributed by atoms with Crippen molar-refractivity contribution in [3.63, 3.8) is 0 Å². The quantitative estimate of drug-likeness (QED) is 0.233. The lowest BCUT2D eigenvalue weighted by Gasteiger charge is -2.19. The van der Waals surface area contributed by atoms with Gasteiger partial charge >= 0.3 is 6.18 Å². The number of hydrazine groups is 1. The summed E-state index contributed by atoms with van der Waals surface area (Å²) in [6, 6.07) is 13.9. The minimum Gasteiger partial charge on any atom is -0.274 e. The molecule has 2 aromatic carbocycles. The molecule has 182 valence electrons. The van der Waals surface area contributed by atoms with Crippen LogP contribution in [0.3, 0.4) is 0 Å². The van der Waals surface area contributed by atoms with E-state index in [4.69, 9.17) is 11.0 Å². The third kappa shape index (κ3) is 5.88. The topological polar surface area (TPSA) is 128 Å². The summed E-state index contributed by atoms with van der Waals surface area (Å²) in [5.74, 6) is 5.40. The van der Waals surface area contributed by atoms with Crippen LogP contribution in [0, 0.1) is 5.82 Å². The second kappa shape index (κ2) is 9.17. The molecule has 0 radical (unpaired) electrons. The third-order valence-corrected chi connectivity index (χ3v) is 5.90. The van der Waals surface area contributed by atoms with E-state index in [9.17, 15) is 26.0 Å². The second-order valence-electron chi connectivity index (χ2n) is 7.65. The number of halogens is 4. The lowest BCUT2D eigenvalue weighted by Crippen LogP contribution is -2.32. The summed E-state index contributed by atoms with van der Waals surface area (Å²) in [6.45, 7) is -0.0248. The highest BCUT2D eigenvalue weighted by Crippen LogP contribution is 2.28. The van der Waals surface area contributed by atoms with Gasteiger partial charge in [0.25, 0.3) is 0 Å². The molecule has 4 aromatic rings. The van der Waals surface area contributed by atoms with Crippen molar-refractivity contribution in [2.75, 3.05) is 5.01 Å². The second-order valence-corrected chi connectivity index (χ2v) is 9.21.